The number of pyridine rings is 1. The maximum Gasteiger partial charge on any atom is 0.254 e. The zero-order chi connectivity index (χ0) is 19.0. The van der Waals surface area contributed by atoms with E-state index >= 15 is 0 Å². The second-order valence-electron chi connectivity index (χ2n) is 6.47. The number of piperazine rings is 1. The van der Waals surface area contributed by atoms with Gasteiger partial charge in [-0.1, -0.05) is 41.4 Å². The lowest BCUT2D eigenvalue weighted by Gasteiger charge is -2.36. The Bertz CT molecular complexity index is 1070. The molecule has 2 aromatic carbocycles. The third-order valence-electron chi connectivity index (χ3n) is 4.82. The van der Waals surface area contributed by atoms with Crippen LogP contribution in [0, 0.1) is 0 Å². The van der Waals surface area contributed by atoms with E-state index in [1.165, 1.54) is 6.07 Å². The van der Waals surface area contributed by atoms with Crippen molar-refractivity contribution in [2.45, 2.75) is 0 Å². The number of rotatable bonds is 2. The molecule has 1 amide bonds. The largest absolute Gasteiger partial charge is 0.368 e. The van der Waals surface area contributed by atoms with Gasteiger partial charge in [-0.25, -0.2) is 0 Å². The molecular formula is C20H17Cl2N3O2. The highest BCUT2D eigenvalue weighted by molar-refractivity contribution is 6.42. The first kappa shape index (κ1) is 17.9. The van der Waals surface area contributed by atoms with Crippen LogP contribution in [0.4, 0.5) is 5.69 Å². The highest BCUT2D eigenvalue weighted by Crippen LogP contribution is 2.28. The molecule has 1 fully saturated rings. The lowest BCUT2D eigenvalue weighted by atomic mass is 10.1. The van der Waals surface area contributed by atoms with Crippen LogP contribution < -0.4 is 10.5 Å². The highest BCUT2D eigenvalue weighted by Gasteiger charge is 2.24. The van der Waals surface area contributed by atoms with Gasteiger partial charge in [-0.2, -0.15) is 0 Å². The fraction of sp³-hybridized carbons (Fsp3) is 0.200. The van der Waals surface area contributed by atoms with Crippen molar-refractivity contribution in [1.82, 2.24) is 9.88 Å². The van der Waals surface area contributed by atoms with Crippen molar-refractivity contribution in [1.29, 1.82) is 0 Å². The number of hydrogen-bond acceptors (Lipinski definition) is 3. The summed E-state index contributed by atoms with van der Waals surface area (Å²) in [5, 5.41) is 1.80. The quantitative estimate of drug-likeness (QED) is 0.710. The second kappa shape index (κ2) is 7.25. The lowest BCUT2D eigenvalue weighted by molar-refractivity contribution is 0.0748. The predicted molar refractivity (Wildman–Crippen MR) is 109 cm³/mol. The third kappa shape index (κ3) is 3.53. The third-order valence-corrected chi connectivity index (χ3v) is 5.56. The van der Waals surface area contributed by atoms with Gasteiger partial charge in [0.25, 0.3) is 5.91 Å². The number of fused-ring (bicyclic) bond motifs is 1. The number of para-hydroxylation sites is 1. The maximum absolute atomic E-state index is 13.0. The van der Waals surface area contributed by atoms with Gasteiger partial charge in [0.1, 0.15) is 0 Å². The fourth-order valence-electron chi connectivity index (χ4n) is 3.40. The summed E-state index contributed by atoms with van der Waals surface area (Å²) in [7, 11) is 0. The molecule has 0 atom stereocenters. The van der Waals surface area contributed by atoms with Crippen LogP contribution in [0.1, 0.15) is 10.4 Å². The molecule has 0 aliphatic carbocycles. The number of amides is 1. The first-order chi connectivity index (χ1) is 13.0. The van der Waals surface area contributed by atoms with Crippen LogP contribution in [0.25, 0.3) is 10.9 Å². The molecule has 0 unspecified atom stereocenters. The lowest BCUT2D eigenvalue weighted by Crippen LogP contribution is -2.49. The van der Waals surface area contributed by atoms with Crippen LogP contribution in [0.5, 0.6) is 0 Å². The Hall–Kier alpha value is -2.50. The average molecular weight is 402 g/mol. The second-order valence-corrected chi connectivity index (χ2v) is 7.28. The van der Waals surface area contributed by atoms with E-state index in [2.05, 4.69) is 9.88 Å². The summed E-state index contributed by atoms with van der Waals surface area (Å²) in [4.78, 5) is 31.7. The Balaban J connectivity index is 1.54. The van der Waals surface area contributed by atoms with E-state index in [4.69, 9.17) is 23.2 Å². The van der Waals surface area contributed by atoms with Crippen molar-refractivity contribution >= 4 is 45.7 Å². The monoisotopic (exact) mass is 401 g/mol. The molecule has 27 heavy (non-hydrogen) atoms. The normalized spacial score (nSPS) is 14.6. The number of H-pyrrole nitrogens is 1. The molecular weight excluding hydrogens is 385 g/mol. The van der Waals surface area contributed by atoms with E-state index in [-0.39, 0.29) is 11.5 Å². The van der Waals surface area contributed by atoms with E-state index in [9.17, 15) is 9.59 Å². The van der Waals surface area contributed by atoms with Crippen LogP contribution in [-0.4, -0.2) is 42.0 Å². The van der Waals surface area contributed by atoms with Crippen LogP contribution >= 0.6 is 23.2 Å². The van der Waals surface area contributed by atoms with Gasteiger partial charge in [0.15, 0.2) is 0 Å². The van der Waals surface area contributed by atoms with E-state index in [0.29, 0.717) is 47.3 Å². The van der Waals surface area contributed by atoms with E-state index < -0.39 is 0 Å². The standard InChI is InChI=1S/C20H17Cl2N3O2/c21-16-6-5-13(11-17(16)22)24-7-9-25(10-8-24)20(27)15-12-19(26)23-18-4-2-1-3-14(15)18/h1-6,11-12H,7-10H2,(H,23,26). The summed E-state index contributed by atoms with van der Waals surface area (Å²) in [6.07, 6.45) is 0. The fourth-order valence-corrected chi connectivity index (χ4v) is 3.69. The van der Waals surface area contributed by atoms with Crippen molar-refractivity contribution in [3.63, 3.8) is 0 Å². The molecule has 0 radical (unpaired) electrons. The minimum absolute atomic E-state index is 0.119. The summed E-state index contributed by atoms with van der Waals surface area (Å²) in [6, 6.07) is 14.3. The number of nitrogens with one attached hydrogen (secondary N) is 1. The minimum atomic E-state index is -0.272. The van der Waals surface area contributed by atoms with E-state index in [0.717, 1.165) is 11.1 Å². The minimum Gasteiger partial charge on any atom is -0.368 e. The Morgan fingerprint density at radius 2 is 1.67 bits per heavy atom. The van der Waals surface area contributed by atoms with Gasteiger partial charge in [-0.15, -0.1) is 0 Å². The van der Waals surface area contributed by atoms with E-state index in [1.807, 2.05) is 30.3 Å². The van der Waals surface area contributed by atoms with Gasteiger partial charge >= 0.3 is 0 Å². The Kier molecular flexibility index (Phi) is 4.81. The number of carbonyl (C=O) groups is 1. The molecule has 1 saturated heterocycles. The molecule has 1 aliphatic rings. The zero-order valence-corrected chi connectivity index (χ0v) is 15.9. The highest BCUT2D eigenvalue weighted by atomic mass is 35.5. The van der Waals surface area contributed by atoms with Gasteiger partial charge in [-0.05, 0) is 24.3 Å². The molecule has 5 nitrogen and oxygen atoms in total. The van der Waals surface area contributed by atoms with Crippen molar-refractivity contribution in [3.05, 3.63) is 74.5 Å². The number of carbonyl (C=O) groups excluding carboxylic acids is 1. The number of halogens is 2. The van der Waals surface area contributed by atoms with Gasteiger partial charge < -0.3 is 14.8 Å². The molecule has 0 bridgehead atoms. The summed E-state index contributed by atoms with van der Waals surface area (Å²) in [5.41, 5.74) is 1.82. The number of hydrogen-bond donors (Lipinski definition) is 1. The van der Waals surface area contributed by atoms with Gasteiger partial charge in [0.2, 0.25) is 5.56 Å². The Morgan fingerprint density at radius 1 is 0.926 bits per heavy atom. The number of nitrogens with zero attached hydrogens (tertiary/aromatic N) is 2. The van der Waals surface area contributed by atoms with Crippen molar-refractivity contribution in [2.24, 2.45) is 0 Å². The maximum atomic E-state index is 13.0. The van der Waals surface area contributed by atoms with Gasteiger partial charge in [0.05, 0.1) is 15.6 Å². The number of aromatic amines is 1. The molecule has 3 aromatic rings. The molecule has 1 aliphatic heterocycles. The molecule has 4 rings (SSSR count). The van der Waals surface area contributed by atoms with Crippen LogP contribution in [0.3, 0.4) is 0 Å². The summed E-state index contributed by atoms with van der Waals surface area (Å²) < 4.78 is 0. The first-order valence-corrected chi connectivity index (χ1v) is 9.40. The molecule has 2 heterocycles. The number of anilines is 1. The Labute approximate surface area is 166 Å². The van der Waals surface area contributed by atoms with Crippen LogP contribution in [0.15, 0.2) is 53.3 Å². The molecule has 0 spiro atoms. The van der Waals surface area contributed by atoms with Crippen LogP contribution in [-0.2, 0) is 0 Å². The Morgan fingerprint density at radius 3 is 2.41 bits per heavy atom. The zero-order valence-electron chi connectivity index (χ0n) is 14.4. The number of aromatic nitrogens is 1. The van der Waals surface area contributed by atoms with Gasteiger partial charge in [-0.3, -0.25) is 9.59 Å². The van der Waals surface area contributed by atoms with E-state index in [1.54, 1.807) is 17.0 Å². The number of benzene rings is 2. The molecule has 7 heteroatoms. The molecule has 1 aromatic heterocycles. The SMILES string of the molecule is O=C(c1cc(=O)[nH]c2ccccc12)N1CCN(c2ccc(Cl)c(Cl)c2)CC1. The van der Waals surface area contributed by atoms with Crippen molar-refractivity contribution < 1.29 is 4.79 Å². The smallest absolute Gasteiger partial charge is 0.254 e. The van der Waals surface area contributed by atoms with Crippen molar-refractivity contribution in [3.8, 4) is 0 Å². The topological polar surface area (TPSA) is 56.4 Å². The van der Waals surface area contributed by atoms with Gasteiger partial charge in [0, 0.05) is 48.8 Å². The van der Waals surface area contributed by atoms with Crippen molar-refractivity contribution in [2.75, 3.05) is 31.1 Å². The van der Waals surface area contributed by atoms with Crippen LogP contribution in [0.2, 0.25) is 10.0 Å². The molecule has 1 N–H and O–H groups in total. The summed E-state index contributed by atoms with van der Waals surface area (Å²) in [6.45, 7) is 2.51. The predicted octanol–water partition coefficient (Wildman–Crippen LogP) is 3.80. The summed E-state index contributed by atoms with van der Waals surface area (Å²) >= 11 is 12.1. The average Bonchev–Trinajstić information content (AvgIpc) is 2.69. The summed E-state index contributed by atoms with van der Waals surface area (Å²) in [5.74, 6) is -0.119. The first-order valence-electron chi connectivity index (χ1n) is 8.64. The molecule has 0 saturated carbocycles. The molecule has 138 valence electrons.